The van der Waals surface area contributed by atoms with Gasteiger partial charge in [-0.2, -0.15) is 0 Å². The van der Waals surface area contributed by atoms with Gasteiger partial charge in [0.1, 0.15) is 5.82 Å². The minimum absolute atomic E-state index is 0.179. The van der Waals surface area contributed by atoms with Crippen molar-refractivity contribution >= 4 is 21.6 Å². The predicted octanol–water partition coefficient (Wildman–Crippen LogP) is 5.46. The monoisotopic (exact) mass is 333 g/mol. The van der Waals surface area contributed by atoms with Crippen LogP contribution in [0, 0.1) is 18.7 Å². The molecular formula is C17H17BrFN. The van der Waals surface area contributed by atoms with Crippen LogP contribution in [-0.4, -0.2) is 0 Å². The molecule has 0 aliphatic heterocycles. The van der Waals surface area contributed by atoms with Gasteiger partial charge in [-0.25, -0.2) is 4.39 Å². The van der Waals surface area contributed by atoms with E-state index >= 15 is 0 Å². The Hall–Kier alpha value is -1.35. The molecule has 1 unspecified atom stereocenters. The van der Waals surface area contributed by atoms with Gasteiger partial charge in [0.15, 0.2) is 0 Å². The van der Waals surface area contributed by atoms with Crippen LogP contribution in [0.25, 0.3) is 0 Å². The van der Waals surface area contributed by atoms with Crippen LogP contribution in [0.15, 0.2) is 46.9 Å². The summed E-state index contributed by atoms with van der Waals surface area (Å²) in [6.45, 7) is 2.08. The fourth-order valence-corrected chi connectivity index (χ4v) is 2.81. The van der Waals surface area contributed by atoms with Crippen molar-refractivity contribution < 1.29 is 4.39 Å². The molecule has 1 fully saturated rings. The number of hydrogen-bond donors (Lipinski definition) is 1. The summed E-state index contributed by atoms with van der Waals surface area (Å²) in [6, 6.07) is 13.4. The first-order valence-corrected chi connectivity index (χ1v) is 7.71. The van der Waals surface area contributed by atoms with Crippen LogP contribution in [0.2, 0.25) is 0 Å². The third kappa shape index (κ3) is 3.04. The second-order valence-corrected chi connectivity index (χ2v) is 6.33. The lowest BCUT2D eigenvalue weighted by molar-refractivity contribution is 0.622. The van der Waals surface area contributed by atoms with Gasteiger partial charge in [0, 0.05) is 10.2 Å². The molecule has 0 bridgehead atoms. The first kappa shape index (κ1) is 13.6. The summed E-state index contributed by atoms with van der Waals surface area (Å²) in [5.74, 6) is 0.474. The Balaban J connectivity index is 1.84. The molecule has 0 spiro atoms. The average Bonchev–Trinajstić information content (AvgIpc) is 3.26. The first-order chi connectivity index (χ1) is 9.63. The molecule has 1 aliphatic rings. The summed E-state index contributed by atoms with van der Waals surface area (Å²) in [5, 5.41) is 3.59. The van der Waals surface area contributed by atoms with Crippen LogP contribution in [0.3, 0.4) is 0 Å². The molecule has 3 rings (SSSR count). The van der Waals surface area contributed by atoms with Gasteiger partial charge in [-0.05, 0) is 61.1 Å². The van der Waals surface area contributed by atoms with Gasteiger partial charge in [0.25, 0.3) is 0 Å². The van der Waals surface area contributed by atoms with Gasteiger partial charge < -0.3 is 5.32 Å². The van der Waals surface area contributed by atoms with E-state index in [0.29, 0.717) is 5.92 Å². The highest BCUT2D eigenvalue weighted by atomic mass is 79.9. The van der Waals surface area contributed by atoms with E-state index in [4.69, 9.17) is 0 Å². The summed E-state index contributed by atoms with van der Waals surface area (Å²) in [7, 11) is 0. The Bertz CT molecular complexity index is 605. The molecule has 0 aromatic heterocycles. The third-order valence-corrected chi connectivity index (χ3v) is 4.67. The van der Waals surface area contributed by atoms with E-state index in [1.54, 1.807) is 0 Å². The van der Waals surface area contributed by atoms with Crippen molar-refractivity contribution in [3.63, 3.8) is 0 Å². The number of anilines is 1. The van der Waals surface area contributed by atoms with E-state index in [2.05, 4.69) is 46.4 Å². The van der Waals surface area contributed by atoms with Gasteiger partial charge in [0.05, 0.1) is 6.04 Å². The molecule has 1 N–H and O–H groups in total. The van der Waals surface area contributed by atoms with E-state index in [1.807, 2.05) is 12.1 Å². The van der Waals surface area contributed by atoms with Crippen molar-refractivity contribution in [1.29, 1.82) is 0 Å². The van der Waals surface area contributed by atoms with Gasteiger partial charge in [-0.3, -0.25) is 0 Å². The highest BCUT2D eigenvalue weighted by Crippen LogP contribution is 2.43. The highest BCUT2D eigenvalue weighted by molar-refractivity contribution is 9.10. The first-order valence-electron chi connectivity index (χ1n) is 6.91. The lowest BCUT2D eigenvalue weighted by atomic mass is 10.0. The predicted molar refractivity (Wildman–Crippen MR) is 84.4 cm³/mol. The molecule has 0 saturated heterocycles. The van der Waals surface area contributed by atoms with Crippen molar-refractivity contribution in [3.8, 4) is 0 Å². The molecule has 1 atom stereocenters. The zero-order valence-electron chi connectivity index (χ0n) is 11.4. The summed E-state index contributed by atoms with van der Waals surface area (Å²) in [6.07, 6.45) is 2.48. The smallest absolute Gasteiger partial charge is 0.123 e. The summed E-state index contributed by atoms with van der Waals surface area (Å²) in [5.41, 5.74) is 3.48. The number of rotatable bonds is 4. The molecule has 1 saturated carbocycles. The maximum atomic E-state index is 13.1. The number of hydrogen-bond acceptors (Lipinski definition) is 1. The average molecular weight is 334 g/mol. The maximum absolute atomic E-state index is 13.1. The van der Waals surface area contributed by atoms with Gasteiger partial charge in [-0.1, -0.05) is 34.1 Å². The Morgan fingerprint density at radius 1 is 1.15 bits per heavy atom. The van der Waals surface area contributed by atoms with Crippen molar-refractivity contribution in [2.45, 2.75) is 25.8 Å². The molecule has 104 valence electrons. The molecule has 0 amide bonds. The largest absolute Gasteiger partial charge is 0.378 e. The van der Waals surface area contributed by atoms with Crippen molar-refractivity contribution in [3.05, 3.63) is 63.9 Å². The van der Waals surface area contributed by atoms with E-state index < -0.39 is 0 Å². The van der Waals surface area contributed by atoms with E-state index in [9.17, 15) is 4.39 Å². The Labute approximate surface area is 127 Å². The third-order valence-electron chi connectivity index (χ3n) is 3.82. The second kappa shape index (κ2) is 5.57. The fourth-order valence-electron chi connectivity index (χ4n) is 2.44. The Morgan fingerprint density at radius 3 is 2.45 bits per heavy atom. The molecule has 0 heterocycles. The van der Waals surface area contributed by atoms with Crippen LogP contribution in [-0.2, 0) is 0 Å². The molecule has 3 heteroatoms. The second-order valence-electron chi connectivity index (χ2n) is 5.47. The summed E-state index contributed by atoms with van der Waals surface area (Å²) in [4.78, 5) is 0. The van der Waals surface area contributed by atoms with Gasteiger partial charge in [-0.15, -0.1) is 0 Å². The minimum Gasteiger partial charge on any atom is -0.378 e. The minimum atomic E-state index is -0.179. The lowest BCUT2D eigenvalue weighted by Crippen LogP contribution is -2.13. The molecular weight excluding hydrogens is 317 g/mol. The topological polar surface area (TPSA) is 12.0 Å². The molecule has 1 nitrogen and oxygen atoms in total. The standard InChI is InChI=1S/C17H17BrFN/c1-11-2-9-15(10-16(11)18)20-17(12-3-4-12)13-5-7-14(19)8-6-13/h2,5-10,12,17,20H,3-4H2,1H3. The molecule has 1 aliphatic carbocycles. The zero-order chi connectivity index (χ0) is 14.1. The normalized spacial score (nSPS) is 15.9. The van der Waals surface area contributed by atoms with E-state index in [1.165, 1.54) is 30.5 Å². The molecule has 2 aromatic carbocycles. The Kier molecular flexibility index (Phi) is 3.79. The maximum Gasteiger partial charge on any atom is 0.123 e. The SMILES string of the molecule is Cc1ccc(NC(c2ccc(F)cc2)C2CC2)cc1Br. The van der Waals surface area contributed by atoms with Crippen molar-refractivity contribution in [1.82, 2.24) is 0 Å². The number of halogens is 2. The van der Waals surface area contributed by atoms with Gasteiger partial charge >= 0.3 is 0 Å². The van der Waals surface area contributed by atoms with Crippen molar-refractivity contribution in [2.24, 2.45) is 5.92 Å². The van der Waals surface area contributed by atoms with E-state index in [-0.39, 0.29) is 11.9 Å². The zero-order valence-corrected chi connectivity index (χ0v) is 13.0. The highest BCUT2D eigenvalue weighted by Gasteiger charge is 2.32. The molecule has 0 radical (unpaired) electrons. The van der Waals surface area contributed by atoms with Crippen LogP contribution in [0.5, 0.6) is 0 Å². The summed E-state index contributed by atoms with van der Waals surface area (Å²) >= 11 is 3.56. The Morgan fingerprint density at radius 2 is 1.85 bits per heavy atom. The van der Waals surface area contributed by atoms with Crippen LogP contribution >= 0.6 is 15.9 Å². The number of nitrogens with one attached hydrogen (secondary N) is 1. The van der Waals surface area contributed by atoms with Crippen molar-refractivity contribution in [2.75, 3.05) is 5.32 Å². The van der Waals surface area contributed by atoms with Crippen LogP contribution < -0.4 is 5.32 Å². The molecule has 2 aromatic rings. The fraction of sp³-hybridized carbons (Fsp3) is 0.294. The molecule has 20 heavy (non-hydrogen) atoms. The quantitative estimate of drug-likeness (QED) is 0.783. The number of aryl methyl sites for hydroxylation is 1. The lowest BCUT2D eigenvalue weighted by Gasteiger charge is -2.20. The van der Waals surface area contributed by atoms with Crippen LogP contribution in [0.1, 0.15) is 30.0 Å². The van der Waals surface area contributed by atoms with E-state index in [0.717, 1.165) is 15.7 Å². The number of benzene rings is 2. The summed E-state index contributed by atoms with van der Waals surface area (Å²) < 4.78 is 14.2. The van der Waals surface area contributed by atoms with Crippen LogP contribution in [0.4, 0.5) is 10.1 Å². The van der Waals surface area contributed by atoms with Gasteiger partial charge in [0.2, 0.25) is 0 Å².